The van der Waals surface area contributed by atoms with E-state index in [1.54, 1.807) is 6.92 Å². The fourth-order valence-corrected chi connectivity index (χ4v) is 3.49. The average Bonchev–Trinajstić information content (AvgIpc) is 2.85. The summed E-state index contributed by atoms with van der Waals surface area (Å²) in [6.45, 7) is 2.74. The van der Waals surface area contributed by atoms with E-state index in [1.807, 2.05) is 0 Å². The third-order valence-electron chi connectivity index (χ3n) is 4.96. The fraction of sp³-hybridized carbons (Fsp3) is 0.643. The van der Waals surface area contributed by atoms with Crippen LogP contribution in [0.1, 0.15) is 97.3 Å². The molecule has 0 aliphatic rings. The fourth-order valence-electron chi connectivity index (χ4n) is 3.13. The predicted octanol–water partition coefficient (Wildman–Crippen LogP) is 4.68. The summed E-state index contributed by atoms with van der Waals surface area (Å²) < 4.78 is 25.5. The van der Waals surface area contributed by atoms with Crippen LogP contribution in [0.3, 0.4) is 0 Å². The van der Waals surface area contributed by atoms with Crippen molar-refractivity contribution < 1.29 is 37.9 Å². The van der Waals surface area contributed by atoms with Crippen LogP contribution < -0.4 is 0 Å². The van der Waals surface area contributed by atoms with Gasteiger partial charge in [-0.3, -0.25) is 9.32 Å². The van der Waals surface area contributed by atoms with Crippen molar-refractivity contribution in [2.24, 2.45) is 0 Å². The van der Waals surface area contributed by atoms with Gasteiger partial charge < -0.3 is 19.3 Å². The van der Waals surface area contributed by atoms with Crippen LogP contribution in [-0.4, -0.2) is 41.0 Å². The zero-order chi connectivity index (χ0) is 27.6. The first kappa shape index (κ1) is 34.3. The highest BCUT2D eigenvalue weighted by atomic mass is 31.2. The van der Waals surface area contributed by atoms with Crippen LogP contribution in [0.5, 0.6) is 0 Å². The molecule has 0 fully saturated rings. The van der Waals surface area contributed by atoms with Crippen LogP contribution in [0.15, 0.2) is 0 Å². The average molecular weight is 535 g/mol. The summed E-state index contributed by atoms with van der Waals surface area (Å²) in [6.07, 6.45) is 12.9. The molecule has 0 heterocycles. The van der Waals surface area contributed by atoms with Gasteiger partial charge in [0, 0.05) is 12.3 Å². The number of unbranched alkanes of at least 4 members (excludes halogenated alkanes) is 11. The highest BCUT2D eigenvalue weighted by molar-refractivity contribution is 7.46. The minimum absolute atomic E-state index is 0.149. The molecule has 0 aromatic heterocycles. The van der Waals surface area contributed by atoms with Crippen LogP contribution in [0.25, 0.3) is 0 Å². The molecule has 204 valence electrons. The Labute approximate surface area is 221 Å². The Balaban J connectivity index is 4.29. The number of carbonyl (C=O) groups is 2. The van der Waals surface area contributed by atoms with Crippen molar-refractivity contribution in [3.05, 3.63) is 0 Å². The van der Waals surface area contributed by atoms with E-state index < -0.39 is 39.1 Å². The summed E-state index contributed by atoms with van der Waals surface area (Å²) in [5, 5.41) is 0. The number of esters is 2. The third kappa shape index (κ3) is 26.2. The molecule has 0 aliphatic carbocycles. The van der Waals surface area contributed by atoms with Gasteiger partial charge in [0.05, 0.1) is 6.61 Å². The van der Waals surface area contributed by atoms with E-state index in [0.29, 0.717) is 6.42 Å². The molecule has 0 rings (SSSR count). The summed E-state index contributed by atoms with van der Waals surface area (Å²) in [6, 6.07) is 0. The van der Waals surface area contributed by atoms with Gasteiger partial charge in [-0.2, -0.15) is 0 Å². The van der Waals surface area contributed by atoms with Gasteiger partial charge >= 0.3 is 19.8 Å². The first-order valence-electron chi connectivity index (χ1n) is 12.8. The van der Waals surface area contributed by atoms with Crippen LogP contribution in [-0.2, 0) is 28.2 Å². The van der Waals surface area contributed by atoms with E-state index in [0.717, 1.165) is 19.3 Å². The van der Waals surface area contributed by atoms with Crippen LogP contribution in [0, 0.1) is 47.4 Å². The van der Waals surface area contributed by atoms with Crippen molar-refractivity contribution in [2.75, 3.05) is 13.2 Å². The van der Waals surface area contributed by atoms with Gasteiger partial charge in [-0.1, -0.05) is 83.5 Å². The Morgan fingerprint density at radius 1 is 0.757 bits per heavy atom. The summed E-state index contributed by atoms with van der Waals surface area (Å²) in [5.74, 6) is 17.5. The molecule has 0 saturated heterocycles. The minimum Gasteiger partial charge on any atom is -0.456 e. The Morgan fingerprint density at radius 2 is 1.27 bits per heavy atom. The lowest BCUT2D eigenvalue weighted by Gasteiger charge is -2.17. The number of hydrogen-bond donors (Lipinski definition) is 2. The molecule has 9 heteroatoms. The maximum absolute atomic E-state index is 12.1. The molecule has 0 aromatic rings. The molecule has 0 amide bonds. The standard InChI is InChI=1S/C28H39O8P/c1-3-5-7-9-11-12-13-14-15-17-19-21-23-28(30)36-26(25-35-37(31,32)33)24-34-27(29)22-20-18-16-10-8-6-4-2/h26H,3,5,7,9,11-15,17,19,21,23-25H2,1-2H3,(H2,31,32,33)/t26-/m1/s1. The van der Waals surface area contributed by atoms with Crippen molar-refractivity contribution in [3.63, 3.8) is 0 Å². The maximum Gasteiger partial charge on any atom is 0.469 e. The molecule has 0 unspecified atom stereocenters. The van der Waals surface area contributed by atoms with Crippen molar-refractivity contribution in [3.8, 4) is 47.4 Å². The lowest BCUT2D eigenvalue weighted by atomic mass is 10.0. The van der Waals surface area contributed by atoms with Gasteiger partial charge in [-0.15, -0.1) is 0 Å². The number of carbonyl (C=O) groups excluding carboxylic acids is 2. The minimum atomic E-state index is -4.79. The van der Waals surface area contributed by atoms with E-state index in [-0.39, 0.29) is 6.42 Å². The number of ether oxygens (including phenoxy) is 2. The first-order valence-corrected chi connectivity index (χ1v) is 14.3. The van der Waals surface area contributed by atoms with E-state index in [1.165, 1.54) is 51.4 Å². The van der Waals surface area contributed by atoms with Crippen molar-refractivity contribution >= 4 is 19.8 Å². The zero-order valence-corrected chi connectivity index (χ0v) is 22.9. The quantitative estimate of drug-likeness (QED) is 0.0807. The molecule has 8 nitrogen and oxygen atoms in total. The summed E-state index contributed by atoms with van der Waals surface area (Å²) in [7, 11) is -4.79. The van der Waals surface area contributed by atoms with Gasteiger partial charge in [0.2, 0.25) is 0 Å². The molecule has 0 saturated carbocycles. The smallest absolute Gasteiger partial charge is 0.456 e. The molecular weight excluding hydrogens is 495 g/mol. The molecule has 0 spiro atoms. The second kappa shape index (κ2) is 23.7. The van der Waals surface area contributed by atoms with Crippen molar-refractivity contribution in [2.45, 2.75) is 103 Å². The number of rotatable bonds is 19. The third-order valence-corrected chi connectivity index (χ3v) is 5.45. The Morgan fingerprint density at radius 3 is 1.81 bits per heavy atom. The summed E-state index contributed by atoms with van der Waals surface area (Å²) in [5.41, 5.74) is 0. The number of hydrogen-bond acceptors (Lipinski definition) is 6. The normalized spacial score (nSPS) is 10.7. The zero-order valence-electron chi connectivity index (χ0n) is 22.0. The Bertz CT molecular complexity index is 953. The molecule has 0 aromatic carbocycles. The number of phosphoric acid groups is 1. The molecule has 1 atom stereocenters. The van der Waals surface area contributed by atoms with E-state index >= 15 is 0 Å². The largest absolute Gasteiger partial charge is 0.469 e. The van der Waals surface area contributed by atoms with Gasteiger partial charge in [-0.25, -0.2) is 9.36 Å². The second-order valence-electron chi connectivity index (χ2n) is 8.26. The van der Waals surface area contributed by atoms with Crippen LogP contribution in [0.4, 0.5) is 0 Å². The Kier molecular flexibility index (Phi) is 21.9. The molecule has 2 N–H and O–H groups in total. The number of phosphoric ester groups is 1. The van der Waals surface area contributed by atoms with Gasteiger partial charge in [0.25, 0.3) is 0 Å². The SMILES string of the molecule is CC#CC#CC#CC#CC(=O)OC[C@H](COP(=O)(O)O)OC(=O)CCCCCCCCCCCCCC. The van der Waals surface area contributed by atoms with E-state index in [4.69, 9.17) is 19.3 Å². The molecule has 0 radical (unpaired) electrons. The molecule has 0 aliphatic heterocycles. The van der Waals surface area contributed by atoms with Crippen molar-refractivity contribution in [1.29, 1.82) is 0 Å². The lowest BCUT2D eigenvalue weighted by molar-refractivity contribution is -0.158. The summed E-state index contributed by atoms with van der Waals surface area (Å²) in [4.78, 5) is 41.7. The van der Waals surface area contributed by atoms with Gasteiger partial charge in [-0.05, 0) is 48.9 Å². The highest BCUT2D eigenvalue weighted by Crippen LogP contribution is 2.35. The van der Waals surface area contributed by atoms with Gasteiger partial charge in [0.15, 0.2) is 6.10 Å². The van der Waals surface area contributed by atoms with Gasteiger partial charge in [0.1, 0.15) is 6.61 Å². The van der Waals surface area contributed by atoms with Crippen LogP contribution in [0.2, 0.25) is 0 Å². The van der Waals surface area contributed by atoms with E-state index in [9.17, 15) is 14.2 Å². The predicted molar refractivity (Wildman–Crippen MR) is 141 cm³/mol. The summed E-state index contributed by atoms with van der Waals surface area (Å²) >= 11 is 0. The second-order valence-corrected chi connectivity index (χ2v) is 9.50. The van der Waals surface area contributed by atoms with E-state index in [2.05, 4.69) is 58.8 Å². The maximum atomic E-state index is 12.1. The monoisotopic (exact) mass is 534 g/mol. The first-order chi connectivity index (χ1) is 17.8. The molecule has 37 heavy (non-hydrogen) atoms. The Hall–Kier alpha value is -2.71. The molecule has 0 bridgehead atoms. The topological polar surface area (TPSA) is 119 Å². The van der Waals surface area contributed by atoms with Crippen molar-refractivity contribution in [1.82, 2.24) is 0 Å². The highest BCUT2D eigenvalue weighted by Gasteiger charge is 2.22. The lowest BCUT2D eigenvalue weighted by Crippen LogP contribution is -2.29. The molecular formula is C28H39O8P. The van der Waals surface area contributed by atoms with Crippen LogP contribution >= 0.6 is 7.82 Å².